The van der Waals surface area contributed by atoms with Crippen LogP contribution in [0.5, 0.6) is 0 Å². The number of hydrogen-bond donors (Lipinski definition) is 3. The minimum absolute atomic E-state index is 0.370. The Kier molecular flexibility index (Phi) is 4.73. The van der Waals surface area contributed by atoms with E-state index in [0.29, 0.717) is 25.4 Å². The van der Waals surface area contributed by atoms with Gasteiger partial charge < -0.3 is 15.7 Å². The quantitative estimate of drug-likeness (QED) is 0.575. The number of aliphatic hydroxyl groups excluding tert-OH is 1. The third-order valence-electron chi connectivity index (χ3n) is 2.71. The number of aliphatic hydroxyl groups is 1. The molecule has 3 N–H and O–H groups in total. The van der Waals surface area contributed by atoms with Gasteiger partial charge in [-0.05, 0) is 18.8 Å². The molecule has 1 fully saturated rings. The largest absolute Gasteiger partial charge is 0.392 e. The maximum atomic E-state index is 11.7. The lowest BCUT2D eigenvalue weighted by atomic mass is 9.94. The maximum Gasteiger partial charge on any atom is 0.235 e. The van der Waals surface area contributed by atoms with E-state index in [1.165, 1.54) is 0 Å². The Morgan fingerprint density at radius 1 is 1.62 bits per heavy atom. The van der Waals surface area contributed by atoms with Crippen LogP contribution in [0.1, 0.15) is 26.7 Å². The molecule has 5 heteroatoms. The molecule has 1 rings (SSSR count). The molecular formula is C11H20N2O3. The van der Waals surface area contributed by atoms with Crippen LogP contribution in [-0.2, 0) is 9.59 Å². The molecule has 92 valence electrons. The summed E-state index contributed by atoms with van der Waals surface area (Å²) < 4.78 is 0. The highest BCUT2D eigenvalue weighted by Gasteiger charge is 2.36. The molecule has 0 spiro atoms. The van der Waals surface area contributed by atoms with Crippen molar-refractivity contribution in [3.05, 3.63) is 0 Å². The van der Waals surface area contributed by atoms with E-state index < -0.39 is 12.0 Å². The first kappa shape index (κ1) is 13.0. The van der Waals surface area contributed by atoms with Crippen LogP contribution >= 0.6 is 0 Å². The second kappa shape index (κ2) is 5.84. The number of nitrogens with one attached hydrogen (secondary N) is 2. The number of hydrogen-bond acceptors (Lipinski definition) is 3. The highest BCUT2D eigenvalue weighted by atomic mass is 16.3. The van der Waals surface area contributed by atoms with Gasteiger partial charge in [-0.2, -0.15) is 0 Å². The van der Waals surface area contributed by atoms with Gasteiger partial charge in [0.05, 0.1) is 6.10 Å². The van der Waals surface area contributed by atoms with Crippen LogP contribution in [0.15, 0.2) is 0 Å². The van der Waals surface area contributed by atoms with Gasteiger partial charge in [0.25, 0.3) is 0 Å². The van der Waals surface area contributed by atoms with E-state index >= 15 is 0 Å². The predicted octanol–water partition coefficient (Wildman–Crippen LogP) is -0.354. The van der Waals surface area contributed by atoms with Crippen LogP contribution < -0.4 is 10.6 Å². The summed E-state index contributed by atoms with van der Waals surface area (Å²) in [5.41, 5.74) is 0. The Labute approximate surface area is 95.6 Å². The van der Waals surface area contributed by atoms with Crippen LogP contribution in [0, 0.1) is 11.8 Å². The van der Waals surface area contributed by atoms with Crippen molar-refractivity contribution in [1.29, 1.82) is 0 Å². The minimum atomic E-state index is -0.944. The van der Waals surface area contributed by atoms with E-state index in [-0.39, 0.29) is 11.8 Å². The van der Waals surface area contributed by atoms with Crippen molar-refractivity contribution in [2.24, 2.45) is 11.8 Å². The number of amides is 2. The second-order valence-electron chi connectivity index (χ2n) is 4.60. The third kappa shape index (κ3) is 3.48. The van der Waals surface area contributed by atoms with Crippen molar-refractivity contribution in [1.82, 2.24) is 10.6 Å². The molecular weight excluding hydrogens is 208 g/mol. The lowest BCUT2D eigenvalue weighted by Crippen LogP contribution is -2.52. The van der Waals surface area contributed by atoms with Crippen molar-refractivity contribution < 1.29 is 14.7 Å². The summed E-state index contributed by atoms with van der Waals surface area (Å²) in [4.78, 5) is 23.1. The molecule has 0 aromatic rings. The topological polar surface area (TPSA) is 78.4 Å². The fourth-order valence-electron chi connectivity index (χ4n) is 1.68. The first-order valence-corrected chi connectivity index (χ1v) is 5.76. The Morgan fingerprint density at radius 3 is 2.88 bits per heavy atom. The molecule has 0 bridgehead atoms. The molecule has 1 aliphatic heterocycles. The summed E-state index contributed by atoms with van der Waals surface area (Å²) in [6, 6.07) is 0. The summed E-state index contributed by atoms with van der Waals surface area (Å²) in [5.74, 6) is -1.18. The lowest BCUT2D eigenvalue weighted by Gasteiger charge is -2.26. The smallest absolute Gasteiger partial charge is 0.235 e. The number of carbonyl (C=O) groups excluding carboxylic acids is 2. The second-order valence-corrected chi connectivity index (χ2v) is 4.60. The minimum Gasteiger partial charge on any atom is -0.392 e. The summed E-state index contributed by atoms with van der Waals surface area (Å²) >= 11 is 0. The lowest BCUT2D eigenvalue weighted by molar-refractivity contribution is -0.142. The summed E-state index contributed by atoms with van der Waals surface area (Å²) in [6.45, 7) is 5.12. The average Bonchev–Trinajstić information content (AvgIpc) is 2.16. The Balaban J connectivity index is 2.42. The molecule has 0 aromatic heterocycles. The van der Waals surface area contributed by atoms with Gasteiger partial charge in [0.15, 0.2) is 0 Å². The van der Waals surface area contributed by atoms with E-state index in [1.807, 2.05) is 0 Å². The molecule has 0 aromatic carbocycles. The van der Waals surface area contributed by atoms with Crippen molar-refractivity contribution in [3.63, 3.8) is 0 Å². The Morgan fingerprint density at radius 2 is 2.31 bits per heavy atom. The molecule has 2 amide bonds. The molecule has 5 nitrogen and oxygen atoms in total. The van der Waals surface area contributed by atoms with Gasteiger partial charge in [0, 0.05) is 13.1 Å². The molecule has 16 heavy (non-hydrogen) atoms. The fourth-order valence-corrected chi connectivity index (χ4v) is 1.68. The number of piperidine rings is 1. The van der Waals surface area contributed by atoms with Crippen LogP contribution in [0.2, 0.25) is 0 Å². The first-order valence-electron chi connectivity index (χ1n) is 5.76. The van der Waals surface area contributed by atoms with Crippen molar-refractivity contribution in [2.75, 3.05) is 13.1 Å². The van der Waals surface area contributed by atoms with E-state index in [9.17, 15) is 14.7 Å². The molecule has 2 unspecified atom stereocenters. The molecule has 2 atom stereocenters. The zero-order chi connectivity index (χ0) is 12.1. The van der Waals surface area contributed by atoms with Crippen LogP contribution in [-0.4, -0.2) is 36.1 Å². The van der Waals surface area contributed by atoms with Gasteiger partial charge in [-0.3, -0.25) is 9.59 Å². The van der Waals surface area contributed by atoms with E-state index in [4.69, 9.17) is 0 Å². The summed E-state index contributed by atoms with van der Waals surface area (Å²) in [7, 11) is 0. The summed E-state index contributed by atoms with van der Waals surface area (Å²) in [6.07, 6.45) is 0.456. The van der Waals surface area contributed by atoms with Crippen molar-refractivity contribution >= 4 is 11.8 Å². The van der Waals surface area contributed by atoms with Crippen LogP contribution in [0.25, 0.3) is 0 Å². The fraction of sp³-hybridized carbons (Fsp3) is 0.818. The van der Waals surface area contributed by atoms with Crippen LogP contribution in [0.4, 0.5) is 0 Å². The number of carbonyl (C=O) groups is 2. The van der Waals surface area contributed by atoms with Gasteiger partial charge in [0.2, 0.25) is 11.8 Å². The molecule has 1 saturated heterocycles. The van der Waals surface area contributed by atoms with E-state index in [0.717, 1.165) is 6.42 Å². The molecule has 1 heterocycles. The van der Waals surface area contributed by atoms with E-state index in [1.54, 1.807) is 0 Å². The number of rotatable bonds is 4. The normalized spacial score (nSPS) is 25.4. The third-order valence-corrected chi connectivity index (χ3v) is 2.71. The van der Waals surface area contributed by atoms with Gasteiger partial charge in [-0.15, -0.1) is 0 Å². The van der Waals surface area contributed by atoms with Gasteiger partial charge in [-0.25, -0.2) is 0 Å². The van der Waals surface area contributed by atoms with Gasteiger partial charge in [0.1, 0.15) is 5.92 Å². The van der Waals surface area contributed by atoms with Gasteiger partial charge in [-0.1, -0.05) is 13.8 Å². The zero-order valence-corrected chi connectivity index (χ0v) is 9.82. The monoisotopic (exact) mass is 228 g/mol. The Bertz CT molecular complexity index is 266. The Hall–Kier alpha value is -1.10. The standard InChI is InChI=1S/C11H20N2O3/c1-7(2)3-5-12-10(15)9-8(14)4-6-13-11(9)16/h7-9,14H,3-6H2,1-2H3,(H,12,15)(H,13,16). The molecule has 1 aliphatic rings. The van der Waals surface area contributed by atoms with E-state index in [2.05, 4.69) is 24.5 Å². The highest BCUT2D eigenvalue weighted by molar-refractivity contribution is 6.01. The summed E-state index contributed by atoms with van der Waals surface area (Å²) in [5, 5.41) is 14.9. The SMILES string of the molecule is CC(C)CCNC(=O)C1C(=O)NCCC1O. The average molecular weight is 228 g/mol. The zero-order valence-electron chi connectivity index (χ0n) is 9.82. The maximum absolute atomic E-state index is 11.7. The molecule has 0 saturated carbocycles. The highest BCUT2D eigenvalue weighted by Crippen LogP contribution is 2.12. The molecule has 0 radical (unpaired) electrons. The molecule has 0 aliphatic carbocycles. The van der Waals surface area contributed by atoms with Crippen molar-refractivity contribution in [3.8, 4) is 0 Å². The van der Waals surface area contributed by atoms with Crippen molar-refractivity contribution in [2.45, 2.75) is 32.8 Å². The first-order chi connectivity index (χ1) is 7.52. The van der Waals surface area contributed by atoms with Crippen LogP contribution in [0.3, 0.4) is 0 Å². The van der Waals surface area contributed by atoms with Gasteiger partial charge >= 0.3 is 0 Å². The predicted molar refractivity (Wildman–Crippen MR) is 59.6 cm³/mol.